The van der Waals surface area contributed by atoms with Crippen LogP contribution in [-0.2, 0) is 9.47 Å². The maximum absolute atomic E-state index is 12.0. The largest absolute Gasteiger partial charge is 0.448 e. The molecule has 0 aromatic carbocycles. The maximum atomic E-state index is 12.0. The van der Waals surface area contributed by atoms with Crippen LogP contribution in [0.25, 0.3) is 0 Å². The fourth-order valence-electron chi connectivity index (χ4n) is 2.91. The molecule has 2 aliphatic heterocycles. The Hall–Kier alpha value is -1.07. The summed E-state index contributed by atoms with van der Waals surface area (Å²) >= 11 is 0. The molecule has 3 fully saturated rings. The Morgan fingerprint density at radius 2 is 1.65 bits per heavy atom. The van der Waals surface area contributed by atoms with E-state index < -0.39 is 0 Å². The number of ether oxygens (including phenoxy) is 2. The number of hydrogen-bond acceptors (Lipinski definition) is 4. The molecule has 1 saturated carbocycles. The lowest BCUT2D eigenvalue weighted by Crippen LogP contribution is -2.40. The van der Waals surface area contributed by atoms with E-state index in [0.717, 1.165) is 58.8 Å². The first kappa shape index (κ1) is 13.9. The molecule has 3 rings (SSSR count). The quantitative estimate of drug-likeness (QED) is 0.737. The van der Waals surface area contributed by atoms with Crippen LogP contribution in [0.3, 0.4) is 0 Å². The third-order valence-electron chi connectivity index (χ3n) is 4.36. The van der Waals surface area contributed by atoms with Crippen molar-refractivity contribution in [3.8, 4) is 0 Å². The third-order valence-corrected chi connectivity index (χ3v) is 4.36. The molecule has 0 radical (unpaired) electrons. The number of amides is 1. The van der Waals surface area contributed by atoms with E-state index in [4.69, 9.17) is 9.47 Å². The number of hydrogen-bond donors (Lipinski definition) is 0. The fraction of sp³-hybridized carbons (Fsp3) is 0.800. The molecule has 0 N–H and O–H groups in total. The van der Waals surface area contributed by atoms with Gasteiger partial charge in [0.05, 0.1) is 13.2 Å². The van der Waals surface area contributed by atoms with E-state index in [0.29, 0.717) is 6.61 Å². The van der Waals surface area contributed by atoms with Gasteiger partial charge in [-0.05, 0) is 25.7 Å². The Morgan fingerprint density at radius 3 is 2.30 bits per heavy atom. The summed E-state index contributed by atoms with van der Waals surface area (Å²) < 4.78 is 10.7. The van der Waals surface area contributed by atoms with E-state index in [1.165, 1.54) is 12.8 Å². The van der Waals surface area contributed by atoms with Crippen LogP contribution in [0.4, 0.5) is 4.79 Å². The number of rotatable bonds is 3. The van der Waals surface area contributed by atoms with Gasteiger partial charge in [-0.15, -0.1) is 0 Å². The van der Waals surface area contributed by atoms with E-state index in [1.807, 2.05) is 4.90 Å². The average molecular weight is 280 g/mol. The van der Waals surface area contributed by atoms with Gasteiger partial charge in [-0.1, -0.05) is 11.1 Å². The van der Waals surface area contributed by atoms with Gasteiger partial charge in [0.2, 0.25) is 0 Å². The van der Waals surface area contributed by atoms with E-state index >= 15 is 0 Å². The first-order valence-electron chi connectivity index (χ1n) is 7.74. The number of piperidine rings is 1. The zero-order valence-electron chi connectivity index (χ0n) is 12.1. The number of likely N-dealkylation sites (tertiary alicyclic amines) is 1. The summed E-state index contributed by atoms with van der Waals surface area (Å²) in [4.78, 5) is 16.1. The predicted molar refractivity (Wildman–Crippen MR) is 75.7 cm³/mol. The second-order valence-corrected chi connectivity index (χ2v) is 5.76. The van der Waals surface area contributed by atoms with Gasteiger partial charge in [0.25, 0.3) is 0 Å². The highest BCUT2D eigenvalue weighted by atomic mass is 16.6. The molecular formula is C15H24N2O3. The molecular weight excluding hydrogens is 256 g/mol. The normalized spacial score (nSPS) is 23.9. The van der Waals surface area contributed by atoms with Crippen molar-refractivity contribution in [2.24, 2.45) is 0 Å². The van der Waals surface area contributed by atoms with Crippen LogP contribution < -0.4 is 0 Å². The minimum absolute atomic E-state index is 0.141. The van der Waals surface area contributed by atoms with Gasteiger partial charge < -0.3 is 14.4 Å². The maximum Gasteiger partial charge on any atom is 0.409 e. The zero-order chi connectivity index (χ0) is 13.8. The monoisotopic (exact) mass is 280 g/mol. The number of carbonyl (C=O) groups is 1. The van der Waals surface area contributed by atoms with Crippen LogP contribution in [0.1, 0.15) is 25.7 Å². The van der Waals surface area contributed by atoms with Crippen LogP contribution in [0.2, 0.25) is 0 Å². The molecule has 20 heavy (non-hydrogen) atoms. The lowest BCUT2D eigenvalue weighted by Gasteiger charge is -2.29. The van der Waals surface area contributed by atoms with Gasteiger partial charge >= 0.3 is 6.09 Å². The van der Waals surface area contributed by atoms with Crippen molar-refractivity contribution in [1.29, 1.82) is 0 Å². The van der Waals surface area contributed by atoms with Gasteiger partial charge in [-0.2, -0.15) is 0 Å². The lowest BCUT2D eigenvalue weighted by atomic mass is 10.0. The van der Waals surface area contributed by atoms with E-state index in [-0.39, 0.29) is 6.09 Å². The van der Waals surface area contributed by atoms with Gasteiger partial charge in [0, 0.05) is 32.7 Å². The molecule has 2 heterocycles. The summed E-state index contributed by atoms with van der Waals surface area (Å²) in [5, 5.41) is 0. The standard InChI is InChI=1S/C15H24N2O3/c18-15(20-12-9-16-7-10-19-11-8-16)17-5-3-14(4-6-17)13-1-2-13/h1-12H2. The smallest absolute Gasteiger partial charge is 0.409 e. The van der Waals surface area contributed by atoms with Crippen molar-refractivity contribution in [3.05, 3.63) is 11.1 Å². The number of morpholine rings is 1. The second kappa shape index (κ2) is 6.59. The Labute approximate surface area is 120 Å². The highest BCUT2D eigenvalue weighted by molar-refractivity contribution is 5.67. The van der Waals surface area contributed by atoms with Crippen LogP contribution in [-0.4, -0.2) is 68.4 Å². The fourth-order valence-corrected chi connectivity index (χ4v) is 2.91. The van der Waals surface area contributed by atoms with Crippen molar-refractivity contribution in [3.63, 3.8) is 0 Å². The Kier molecular flexibility index (Phi) is 4.58. The second-order valence-electron chi connectivity index (χ2n) is 5.76. The minimum atomic E-state index is -0.141. The summed E-state index contributed by atoms with van der Waals surface area (Å²) in [6.07, 6.45) is 4.54. The van der Waals surface area contributed by atoms with Gasteiger partial charge in [0.15, 0.2) is 0 Å². The molecule has 1 aliphatic carbocycles. The van der Waals surface area contributed by atoms with E-state index in [2.05, 4.69) is 4.90 Å². The molecule has 0 atom stereocenters. The molecule has 112 valence electrons. The molecule has 0 bridgehead atoms. The Morgan fingerprint density at radius 1 is 1.00 bits per heavy atom. The van der Waals surface area contributed by atoms with Crippen molar-refractivity contribution in [2.75, 3.05) is 52.5 Å². The van der Waals surface area contributed by atoms with Gasteiger partial charge in [0.1, 0.15) is 6.61 Å². The molecule has 5 heteroatoms. The summed E-state index contributed by atoms with van der Waals surface area (Å²) in [5.41, 5.74) is 3.24. The zero-order valence-corrected chi connectivity index (χ0v) is 12.1. The number of nitrogens with zero attached hydrogens (tertiary/aromatic N) is 2. The van der Waals surface area contributed by atoms with Crippen LogP contribution in [0, 0.1) is 0 Å². The van der Waals surface area contributed by atoms with Crippen molar-refractivity contribution in [1.82, 2.24) is 9.80 Å². The Balaban J connectivity index is 1.33. The summed E-state index contributed by atoms with van der Waals surface area (Å²) in [7, 11) is 0. The van der Waals surface area contributed by atoms with E-state index in [9.17, 15) is 4.79 Å². The van der Waals surface area contributed by atoms with Crippen molar-refractivity contribution >= 4 is 6.09 Å². The topological polar surface area (TPSA) is 42.0 Å². The molecule has 2 saturated heterocycles. The first-order valence-corrected chi connectivity index (χ1v) is 7.74. The number of carbonyl (C=O) groups excluding carboxylic acids is 1. The molecule has 3 aliphatic rings. The summed E-state index contributed by atoms with van der Waals surface area (Å²) in [6, 6.07) is 0. The van der Waals surface area contributed by atoms with Gasteiger partial charge in [-0.3, -0.25) is 4.90 Å². The molecule has 0 aromatic rings. The molecule has 1 amide bonds. The minimum Gasteiger partial charge on any atom is -0.448 e. The predicted octanol–water partition coefficient (Wildman–Crippen LogP) is 1.64. The Bertz CT molecular complexity index is 373. The molecule has 0 unspecified atom stereocenters. The molecule has 0 aromatic heterocycles. The van der Waals surface area contributed by atoms with Crippen LogP contribution in [0.15, 0.2) is 11.1 Å². The van der Waals surface area contributed by atoms with E-state index in [1.54, 1.807) is 11.1 Å². The third kappa shape index (κ3) is 3.73. The lowest BCUT2D eigenvalue weighted by molar-refractivity contribution is 0.0245. The van der Waals surface area contributed by atoms with Crippen molar-refractivity contribution in [2.45, 2.75) is 25.7 Å². The summed E-state index contributed by atoms with van der Waals surface area (Å²) in [6.45, 7) is 6.43. The SMILES string of the molecule is O=C(OCCN1CCOCC1)N1CCC(=C2CC2)CC1. The van der Waals surface area contributed by atoms with Crippen molar-refractivity contribution < 1.29 is 14.3 Å². The van der Waals surface area contributed by atoms with Crippen LogP contribution in [0.5, 0.6) is 0 Å². The molecule has 5 nitrogen and oxygen atoms in total. The highest BCUT2D eigenvalue weighted by Gasteiger charge is 2.25. The van der Waals surface area contributed by atoms with Crippen LogP contribution >= 0.6 is 0 Å². The number of allylic oxidation sites excluding steroid dienone is 1. The highest BCUT2D eigenvalue weighted by Crippen LogP contribution is 2.36. The average Bonchev–Trinajstić information content (AvgIpc) is 3.33. The molecule has 0 spiro atoms. The van der Waals surface area contributed by atoms with Gasteiger partial charge in [-0.25, -0.2) is 4.79 Å². The summed E-state index contributed by atoms with van der Waals surface area (Å²) in [5.74, 6) is 0. The first-order chi connectivity index (χ1) is 9.83.